The summed E-state index contributed by atoms with van der Waals surface area (Å²) in [5, 5.41) is 3.56. The summed E-state index contributed by atoms with van der Waals surface area (Å²) in [5.41, 5.74) is 6.96. The Labute approximate surface area is 145 Å². The molecule has 1 aliphatic heterocycles. The van der Waals surface area contributed by atoms with Crippen LogP contribution in [0.5, 0.6) is 0 Å². The summed E-state index contributed by atoms with van der Waals surface area (Å²) < 4.78 is 19.5. The highest BCUT2D eigenvalue weighted by Gasteiger charge is 2.27. The lowest BCUT2D eigenvalue weighted by Crippen LogP contribution is -2.33. The highest BCUT2D eigenvalue weighted by Crippen LogP contribution is 2.32. The third-order valence-corrected chi connectivity index (χ3v) is 4.68. The SMILES string of the molecule is CC1(CNc2nc(-c3cc(N)ncc3Cl)ccc2F)CCOCC1. The van der Waals surface area contributed by atoms with Crippen LogP contribution in [0, 0.1) is 11.2 Å². The van der Waals surface area contributed by atoms with Crippen molar-refractivity contribution in [3.05, 3.63) is 35.2 Å². The molecule has 0 aliphatic carbocycles. The van der Waals surface area contributed by atoms with Crippen molar-refractivity contribution in [2.75, 3.05) is 30.8 Å². The molecule has 0 unspecified atom stereocenters. The second-order valence-corrected chi connectivity index (χ2v) is 6.80. The fourth-order valence-corrected chi connectivity index (χ4v) is 2.91. The number of pyridine rings is 2. The first-order valence-corrected chi connectivity index (χ1v) is 8.24. The Morgan fingerprint density at radius 1 is 1.38 bits per heavy atom. The monoisotopic (exact) mass is 350 g/mol. The first kappa shape index (κ1) is 16.9. The fraction of sp³-hybridized carbons (Fsp3) is 0.412. The third-order valence-electron chi connectivity index (χ3n) is 4.38. The maximum atomic E-state index is 14.1. The lowest BCUT2D eigenvalue weighted by molar-refractivity contribution is 0.0299. The minimum atomic E-state index is -0.396. The molecule has 3 rings (SSSR count). The number of nitrogens with zero attached hydrogens (tertiary/aromatic N) is 2. The van der Waals surface area contributed by atoms with Gasteiger partial charge in [-0.2, -0.15) is 0 Å². The lowest BCUT2D eigenvalue weighted by Gasteiger charge is -2.33. The molecule has 0 spiro atoms. The number of rotatable bonds is 4. The molecule has 24 heavy (non-hydrogen) atoms. The summed E-state index contributed by atoms with van der Waals surface area (Å²) in [4.78, 5) is 8.30. The normalized spacial score (nSPS) is 16.8. The number of ether oxygens (including phenoxy) is 1. The molecule has 1 aliphatic rings. The van der Waals surface area contributed by atoms with Crippen LogP contribution in [0.1, 0.15) is 19.8 Å². The van der Waals surface area contributed by atoms with Crippen LogP contribution in [0.4, 0.5) is 16.0 Å². The average Bonchev–Trinajstić information content (AvgIpc) is 2.57. The molecule has 3 heterocycles. The number of nitrogens with one attached hydrogen (secondary N) is 1. The van der Waals surface area contributed by atoms with E-state index in [1.165, 1.54) is 12.3 Å². The van der Waals surface area contributed by atoms with Gasteiger partial charge in [0.15, 0.2) is 11.6 Å². The van der Waals surface area contributed by atoms with Crippen molar-refractivity contribution >= 4 is 23.2 Å². The van der Waals surface area contributed by atoms with Gasteiger partial charge in [0.25, 0.3) is 0 Å². The van der Waals surface area contributed by atoms with Crippen LogP contribution >= 0.6 is 11.6 Å². The zero-order valence-electron chi connectivity index (χ0n) is 13.5. The van der Waals surface area contributed by atoms with Gasteiger partial charge in [0.2, 0.25) is 0 Å². The topological polar surface area (TPSA) is 73.1 Å². The van der Waals surface area contributed by atoms with Crippen molar-refractivity contribution in [2.24, 2.45) is 5.41 Å². The Bertz CT molecular complexity index is 735. The number of aromatic nitrogens is 2. The number of nitrogens with two attached hydrogens (primary N) is 1. The Morgan fingerprint density at radius 2 is 2.12 bits per heavy atom. The van der Waals surface area contributed by atoms with E-state index in [2.05, 4.69) is 22.2 Å². The van der Waals surface area contributed by atoms with Crippen molar-refractivity contribution in [2.45, 2.75) is 19.8 Å². The molecule has 0 aromatic carbocycles. The zero-order valence-corrected chi connectivity index (χ0v) is 14.2. The van der Waals surface area contributed by atoms with E-state index in [1.54, 1.807) is 12.1 Å². The van der Waals surface area contributed by atoms with Crippen LogP contribution < -0.4 is 11.1 Å². The minimum absolute atomic E-state index is 0.0706. The summed E-state index contributed by atoms with van der Waals surface area (Å²) in [6.07, 6.45) is 3.34. The molecule has 5 nitrogen and oxygen atoms in total. The summed E-state index contributed by atoms with van der Waals surface area (Å²) >= 11 is 6.16. The molecular weight excluding hydrogens is 331 g/mol. The first-order valence-electron chi connectivity index (χ1n) is 7.86. The van der Waals surface area contributed by atoms with Gasteiger partial charge in [0.05, 0.1) is 10.7 Å². The summed E-state index contributed by atoms with van der Waals surface area (Å²) in [5.74, 6) is 0.156. The Hall–Kier alpha value is -1.92. The van der Waals surface area contributed by atoms with Gasteiger partial charge in [0.1, 0.15) is 5.82 Å². The van der Waals surface area contributed by atoms with Crippen molar-refractivity contribution in [3.63, 3.8) is 0 Å². The van der Waals surface area contributed by atoms with Gasteiger partial charge in [-0.05, 0) is 36.5 Å². The van der Waals surface area contributed by atoms with Crippen molar-refractivity contribution in [3.8, 4) is 11.3 Å². The number of anilines is 2. The molecular formula is C17H20ClFN4O. The van der Waals surface area contributed by atoms with E-state index >= 15 is 0 Å². The van der Waals surface area contributed by atoms with Crippen LogP contribution in [-0.4, -0.2) is 29.7 Å². The van der Waals surface area contributed by atoms with E-state index in [4.69, 9.17) is 22.1 Å². The van der Waals surface area contributed by atoms with E-state index in [0.717, 1.165) is 26.1 Å². The summed E-state index contributed by atoms with van der Waals surface area (Å²) in [7, 11) is 0. The molecule has 0 atom stereocenters. The highest BCUT2D eigenvalue weighted by atomic mass is 35.5. The van der Waals surface area contributed by atoms with Crippen LogP contribution in [0.3, 0.4) is 0 Å². The molecule has 0 amide bonds. The average molecular weight is 351 g/mol. The smallest absolute Gasteiger partial charge is 0.165 e. The molecule has 0 radical (unpaired) electrons. The summed E-state index contributed by atoms with van der Waals surface area (Å²) in [6.45, 7) is 4.28. The van der Waals surface area contributed by atoms with Crippen LogP contribution in [0.25, 0.3) is 11.3 Å². The van der Waals surface area contributed by atoms with Crippen molar-refractivity contribution in [1.29, 1.82) is 0 Å². The Kier molecular flexibility index (Phi) is 4.87. The molecule has 128 valence electrons. The first-order chi connectivity index (χ1) is 11.5. The number of hydrogen-bond acceptors (Lipinski definition) is 5. The second kappa shape index (κ2) is 6.91. The molecule has 1 saturated heterocycles. The highest BCUT2D eigenvalue weighted by molar-refractivity contribution is 6.33. The van der Waals surface area contributed by atoms with Crippen LogP contribution in [0.2, 0.25) is 5.02 Å². The quantitative estimate of drug-likeness (QED) is 0.878. The van der Waals surface area contributed by atoms with Gasteiger partial charge < -0.3 is 15.8 Å². The molecule has 3 N–H and O–H groups in total. The lowest BCUT2D eigenvalue weighted by atomic mass is 9.82. The number of hydrogen-bond donors (Lipinski definition) is 2. The maximum absolute atomic E-state index is 14.1. The van der Waals surface area contributed by atoms with E-state index in [1.807, 2.05) is 0 Å². The largest absolute Gasteiger partial charge is 0.384 e. The molecule has 0 saturated carbocycles. The predicted octanol–water partition coefficient (Wildman–Crippen LogP) is 3.75. The molecule has 0 bridgehead atoms. The molecule has 7 heteroatoms. The van der Waals surface area contributed by atoms with Gasteiger partial charge in [-0.15, -0.1) is 0 Å². The zero-order chi connectivity index (χ0) is 17.2. The minimum Gasteiger partial charge on any atom is -0.384 e. The van der Waals surface area contributed by atoms with Crippen LogP contribution in [0.15, 0.2) is 24.4 Å². The van der Waals surface area contributed by atoms with Gasteiger partial charge in [0, 0.05) is 31.5 Å². The van der Waals surface area contributed by atoms with E-state index in [-0.39, 0.29) is 11.2 Å². The van der Waals surface area contributed by atoms with Gasteiger partial charge in [-0.1, -0.05) is 18.5 Å². The van der Waals surface area contributed by atoms with Crippen molar-refractivity contribution in [1.82, 2.24) is 9.97 Å². The molecule has 1 fully saturated rings. The Balaban J connectivity index is 1.82. The molecule has 2 aromatic heterocycles. The Morgan fingerprint density at radius 3 is 2.88 bits per heavy atom. The van der Waals surface area contributed by atoms with Crippen molar-refractivity contribution < 1.29 is 9.13 Å². The fourth-order valence-electron chi connectivity index (χ4n) is 2.71. The standard InChI is InChI=1S/C17H20ClFN4O/c1-17(4-6-24-7-5-17)10-22-16-13(19)2-3-14(23-16)11-8-15(20)21-9-12(11)18/h2-3,8-9H,4-7,10H2,1H3,(H2,20,21)(H,22,23). The van der Waals surface area contributed by atoms with E-state index in [9.17, 15) is 4.39 Å². The summed E-state index contributed by atoms with van der Waals surface area (Å²) in [6, 6.07) is 4.59. The van der Waals surface area contributed by atoms with Crippen LogP contribution in [-0.2, 0) is 4.74 Å². The second-order valence-electron chi connectivity index (χ2n) is 6.39. The van der Waals surface area contributed by atoms with Gasteiger partial charge >= 0.3 is 0 Å². The van der Waals surface area contributed by atoms with Gasteiger partial charge in [-0.25, -0.2) is 14.4 Å². The number of nitrogen functional groups attached to an aromatic ring is 1. The number of halogens is 2. The molecule has 2 aromatic rings. The van der Waals surface area contributed by atoms with E-state index in [0.29, 0.717) is 28.6 Å². The van der Waals surface area contributed by atoms with E-state index < -0.39 is 5.82 Å². The van der Waals surface area contributed by atoms with Gasteiger partial charge in [-0.3, -0.25) is 0 Å². The maximum Gasteiger partial charge on any atom is 0.165 e. The third kappa shape index (κ3) is 3.76. The predicted molar refractivity (Wildman–Crippen MR) is 93.5 cm³/mol.